The fourth-order valence-electron chi connectivity index (χ4n) is 2.10. The molecule has 0 amide bonds. The van der Waals surface area contributed by atoms with Crippen LogP contribution in [0, 0.1) is 0 Å². The normalized spacial score (nSPS) is 18.4. The van der Waals surface area contributed by atoms with E-state index < -0.39 is 11.9 Å². The molecule has 1 unspecified atom stereocenters. The zero-order valence-electron chi connectivity index (χ0n) is 9.43. The van der Waals surface area contributed by atoms with Gasteiger partial charge in [0.2, 0.25) is 0 Å². The molecule has 0 saturated carbocycles. The van der Waals surface area contributed by atoms with Crippen molar-refractivity contribution >= 4 is 11.7 Å². The lowest BCUT2D eigenvalue weighted by Gasteiger charge is -2.11. The van der Waals surface area contributed by atoms with E-state index in [2.05, 4.69) is 0 Å². The van der Waals surface area contributed by atoms with Crippen LogP contribution >= 0.6 is 0 Å². The SMILES string of the molecule is CCOc1ccc2c(c1)C(C(=O)O)CN2C. The second kappa shape index (κ2) is 4.04. The van der Waals surface area contributed by atoms with Gasteiger partial charge in [-0.15, -0.1) is 0 Å². The second-order valence-corrected chi connectivity index (χ2v) is 3.92. The molecule has 16 heavy (non-hydrogen) atoms. The van der Waals surface area contributed by atoms with Crippen LogP contribution in [0.3, 0.4) is 0 Å². The van der Waals surface area contributed by atoms with Crippen molar-refractivity contribution in [2.75, 3.05) is 25.1 Å². The van der Waals surface area contributed by atoms with Crippen molar-refractivity contribution in [1.82, 2.24) is 0 Å². The smallest absolute Gasteiger partial charge is 0.312 e. The molecule has 0 radical (unpaired) electrons. The first kappa shape index (κ1) is 10.8. The van der Waals surface area contributed by atoms with Gasteiger partial charge in [-0.2, -0.15) is 0 Å². The highest BCUT2D eigenvalue weighted by Gasteiger charge is 2.32. The van der Waals surface area contributed by atoms with Crippen molar-refractivity contribution in [2.45, 2.75) is 12.8 Å². The van der Waals surface area contributed by atoms with E-state index in [1.165, 1.54) is 0 Å². The summed E-state index contributed by atoms with van der Waals surface area (Å²) in [5.74, 6) is -0.484. The third kappa shape index (κ3) is 1.71. The van der Waals surface area contributed by atoms with Crippen molar-refractivity contribution in [3.8, 4) is 5.75 Å². The first-order valence-electron chi connectivity index (χ1n) is 5.34. The molecule has 1 atom stereocenters. The Morgan fingerprint density at radius 3 is 3.00 bits per heavy atom. The average Bonchev–Trinajstić information content (AvgIpc) is 2.57. The highest BCUT2D eigenvalue weighted by atomic mass is 16.5. The van der Waals surface area contributed by atoms with Crippen molar-refractivity contribution in [1.29, 1.82) is 0 Å². The lowest BCUT2D eigenvalue weighted by atomic mass is 10.0. The van der Waals surface area contributed by atoms with Crippen LogP contribution in [0.5, 0.6) is 5.75 Å². The van der Waals surface area contributed by atoms with E-state index >= 15 is 0 Å². The van der Waals surface area contributed by atoms with Gasteiger partial charge in [-0.05, 0) is 30.7 Å². The Balaban J connectivity index is 2.39. The van der Waals surface area contributed by atoms with Gasteiger partial charge in [0.15, 0.2) is 0 Å². The highest BCUT2D eigenvalue weighted by molar-refractivity contribution is 5.83. The van der Waals surface area contributed by atoms with Crippen LogP contribution in [-0.4, -0.2) is 31.3 Å². The number of ether oxygens (including phenoxy) is 1. The summed E-state index contributed by atoms with van der Waals surface area (Å²) in [4.78, 5) is 13.1. The summed E-state index contributed by atoms with van der Waals surface area (Å²) in [5, 5.41) is 9.13. The van der Waals surface area contributed by atoms with E-state index in [0.29, 0.717) is 13.2 Å². The first-order chi connectivity index (χ1) is 7.63. The van der Waals surface area contributed by atoms with Gasteiger partial charge in [0.25, 0.3) is 0 Å². The van der Waals surface area contributed by atoms with Crippen LogP contribution < -0.4 is 9.64 Å². The van der Waals surface area contributed by atoms with E-state index in [1.54, 1.807) is 0 Å². The number of fused-ring (bicyclic) bond motifs is 1. The Kier molecular flexibility index (Phi) is 2.73. The zero-order valence-corrected chi connectivity index (χ0v) is 9.43. The third-order valence-electron chi connectivity index (χ3n) is 2.85. The minimum absolute atomic E-state index is 0.444. The minimum Gasteiger partial charge on any atom is -0.494 e. The van der Waals surface area contributed by atoms with Gasteiger partial charge in [0.05, 0.1) is 6.61 Å². The topological polar surface area (TPSA) is 49.8 Å². The minimum atomic E-state index is -0.778. The zero-order chi connectivity index (χ0) is 11.7. The van der Waals surface area contributed by atoms with Crippen LogP contribution in [0.15, 0.2) is 18.2 Å². The van der Waals surface area contributed by atoms with Crippen LogP contribution in [0.25, 0.3) is 0 Å². The number of hydrogen-bond donors (Lipinski definition) is 1. The molecule has 1 N–H and O–H groups in total. The van der Waals surface area contributed by atoms with Gasteiger partial charge in [0, 0.05) is 19.3 Å². The summed E-state index contributed by atoms with van der Waals surface area (Å²) >= 11 is 0. The number of carboxylic acids is 1. The van der Waals surface area contributed by atoms with Crippen molar-refractivity contribution in [2.24, 2.45) is 0 Å². The lowest BCUT2D eigenvalue weighted by Crippen LogP contribution is -2.19. The van der Waals surface area contributed by atoms with Gasteiger partial charge in [0.1, 0.15) is 11.7 Å². The van der Waals surface area contributed by atoms with E-state index in [9.17, 15) is 4.79 Å². The van der Waals surface area contributed by atoms with Gasteiger partial charge in [-0.1, -0.05) is 0 Å². The number of anilines is 1. The van der Waals surface area contributed by atoms with Gasteiger partial charge >= 0.3 is 5.97 Å². The quantitative estimate of drug-likeness (QED) is 0.844. The largest absolute Gasteiger partial charge is 0.494 e. The molecule has 1 heterocycles. The molecule has 1 aliphatic heterocycles. The Bertz CT molecular complexity index is 417. The lowest BCUT2D eigenvalue weighted by molar-refractivity contribution is -0.138. The Morgan fingerprint density at radius 1 is 1.62 bits per heavy atom. The molecule has 4 heteroatoms. The fourth-order valence-corrected chi connectivity index (χ4v) is 2.10. The average molecular weight is 221 g/mol. The number of nitrogens with zero attached hydrogens (tertiary/aromatic N) is 1. The van der Waals surface area contributed by atoms with Crippen LogP contribution in [-0.2, 0) is 4.79 Å². The predicted octanol–water partition coefficient (Wildman–Crippen LogP) is 1.70. The molecule has 1 aromatic rings. The molecular formula is C12H15NO3. The summed E-state index contributed by atoms with van der Waals surface area (Å²) in [6.45, 7) is 3.03. The maximum atomic E-state index is 11.1. The molecule has 0 bridgehead atoms. The summed E-state index contributed by atoms with van der Waals surface area (Å²) in [6, 6.07) is 5.63. The maximum Gasteiger partial charge on any atom is 0.312 e. The van der Waals surface area contributed by atoms with Gasteiger partial charge < -0.3 is 14.7 Å². The maximum absolute atomic E-state index is 11.1. The highest BCUT2D eigenvalue weighted by Crippen LogP contribution is 2.37. The predicted molar refractivity (Wildman–Crippen MR) is 61.3 cm³/mol. The molecular weight excluding hydrogens is 206 g/mol. The molecule has 0 fully saturated rings. The molecule has 4 nitrogen and oxygen atoms in total. The summed E-state index contributed by atoms with van der Waals surface area (Å²) in [5.41, 5.74) is 1.83. The summed E-state index contributed by atoms with van der Waals surface area (Å²) in [6.07, 6.45) is 0. The molecule has 0 spiro atoms. The number of carbonyl (C=O) groups is 1. The molecule has 86 valence electrons. The molecule has 1 aromatic carbocycles. The number of carboxylic acid groups (broad SMARTS) is 1. The van der Waals surface area contributed by atoms with Crippen LogP contribution in [0.1, 0.15) is 18.4 Å². The van der Waals surface area contributed by atoms with Crippen molar-refractivity contribution < 1.29 is 14.6 Å². The van der Waals surface area contributed by atoms with Crippen molar-refractivity contribution in [3.05, 3.63) is 23.8 Å². The third-order valence-corrected chi connectivity index (χ3v) is 2.85. The Labute approximate surface area is 94.4 Å². The Hall–Kier alpha value is -1.71. The van der Waals surface area contributed by atoms with Crippen LogP contribution in [0.2, 0.25) is 0 Å². The van der Waals surface area contributed by atoms with Crippen molar-refractivity contribution in [3.63, 3.8) is 0 Å². The number of aliphatic carboxylic acids is 1. The van der Waals surface area contributed by atoms with Gasteiger partial charge in [-0.3, -0.25) is 4.79 Å². The number of rotatable bonds is 3. The summed E-state index contributed by atoms with van der Waals surface area (Å²) in [7, 11) is 1.90. The monoisotopic (exact) mass is 221 g/mol. The van der Waals surface area contributed by atoms with E-state index in [-0.39, 0.29) is 0 Å². The second-order valence-electron chi connectivity index (χ2n) is 3.92. The van der Waals surface area contributed by atoms with Gasteiger partial charge in [-0.25, -0.2) is 0 Å². The Morgan fingerprint density at radius 2 is 2.38 bits per heavy atom. The number of benzene rings is 1. The first-order valence-corrected chi connectivity index (χ1v) is 5.34. The molecule has 0 saturated heterocycles. The molecule has 2 rings (SSSR count). The molecule has 1 aliphatic rings. The number of hydrogen-bond acceptors (Lipinski definition) is 3. The van der Waals surface area contributed by atoms with E-state index in [1.807, 2.05) is 37.1 Å². The molecule has 0 aromatic heterocycles. The number of likely N-dealkylation sites (N-methyl/N-ethyl adjacent to an activating group) is 1. The summed E-state index contributed by atoms with van der Waals surface area (Å²) < 4.78 is 5.38. The fraction of sp³-hybridized carbons (Fsp3) is 0.417. The molecule has 0 aliphatic carbocycles. The van der Waals surface area contributed by atoms with E-state index in [4.69, 9.17) is 9.84 Å². The standard InChI is InChI=1S/C12H15NO3/c1-3-16-8-4-5-11-9(6-8)10(12(14)15)7-13(11)2/h4-6,10H,3,7H2,1-2H3,(H,14,15). The van der Waals surface area contributed by atoms with Crippen LogP contribution in [0.4, 0.5) is 5.69 Å². The van der Waals surface area contributed by atoms with E-state index in [0.717, 1.165) is 17.0 Å².